The minimum absolute atomic E-state index is 0.108. The second-order valence-electron chi connectivity index (χ2n) is 7.00. The molecular weight excluding hydrogens is 438 g/mol. The molecule has 8 nitrogen and oxygen atoms in total. The number of carbonyl (C=O) groups excluding carboxylic acids is 1. The van der Waals surface area contributed by atoms with Crippen molar-refractivity contribution in [3.05, 3.63) is 47.5 Å². The number of carbonyl (C=O) groups is 1. The molecule has 2 heterocycles. The van der Waals surface area contributed by atoms with Crippen LogP contribution >= 0.6 is 11.3 Å². The van der Waals surface area contributed by atoms with E-state index in [0.29, 0.717) is 44.2 Å². The Morgan fingerprint density at radius 3 is 2.74 bits per heavy atom. The maximum absolute atomic E-state index is 12.9. The number of hydrogen-bond acceptors (Lipinski definition) is 7. The summed E-state index contributed by atoms with van der Waals surface area (Å²) in [6, 6.07) is 12.3. The van der Waals surface area contributed by atoms with E-state index in [9.17, 15) is 13.2 Å². The molecule has 10 heteroatoms. The van der Waals surface area contributed by atoms with Gasteiger partial charge in [-0.1, -0.05) is 12.1 Å². The van der Waals surface area contributed by atoms with Gasteiger partial charge >= 0.3 is 0 Å². The van der Waals surface area contributed by atoms with Crippen molar-refractivity contribution in [2.45, 2.75) is 17.7 Å². The van der Waals surface area contributed by atoms with Gasteiger partial charge < -0.3 is 14.8 Å². The number of rotatable bonds is 7. The van der Waals surface area contributed by atoms with E-state index in [-0.39, 0.29) is 17.2 Å². The van der Waals surface area contributed by atoms with E-state index in [1.807, 2.05) is 24.3 Å². The Hall–Kier alpha value is -2.53. The molecule has 31 heavy (non-hydrogen) atoms. The van der Waals surface area contributed by atoms with Crippen LogP contribution in [0, 0.1) is 0 Å². The lowest BCUT2D eigenvalue weighted by Gasteiger charge is -2.26. The van der Waals surface area contributed by atoms with E-state index in [4.69, 9.17) is 9.47 Å². The molecule has 0 unspecified atom stereocenters. The molecule has 0 spiro atoms. The van der Waals surface area contributed by atoms with Gasteiger partial charge in [0.05, 0.1) is 46.1 Å². The monoisotopic (exact) mass is 461 g/mol. The number of sulfonamides is 1. The van der Waals surface area contributed by atoms with Crippen molar-refractivity contribution in [3.8, 4) is 5.75 Å². The van der Waals surface area contributed by atoms with Gasteiger partial charge in [-0.05, 0) is 30.3 Å². The van der Waals surface area contributed by atoms with Crippen LogP contribution in [0.4, 0.5) is 5.69 Å². The number of ether oxygens (including phenoxy) is 2. The summed E-state index contributed by atoms with van der Waals surface area (Å²) in [6.07, 6.45) is 0.725. The van der Waals surface area contributed by atoms with Crippen LogP contribution in [-0.4, -0.2) is 57.0 Å². The highest BCUT2D eigenvalue weighted by atomic mass is 32.2. The average Bonchev–Trinajstić information content (AvgIpc) is 3.21. The zero-order chi connectivity index (χ0) is 21.8. The third kappa shape index (κ3) is 4.87. The molecule has 3 aromatic rings. The first-order valence-corrected chi connectivity index (χ1v) is 12.1. The van der Waals surface area contributed by atoms with Crippen molar-refractivity contribution in [1.29, 1.82) is 0 Å². The van der Waals surface area contributed by atoms with Crippen LogP contribution in [0.15, 0.2) is 47.4 Å². The molecule has 0 radical (unpaired) electrons. The van der Waals surface area contributed by atoms with Gasteiger partial charge in [-0.15, -0.1) is 11.3 Å². The van der Waals surface area contributed by atoms with Gasteiger partial charge in [0.15, 0.2) is 0 Å². The molecule has 0 bridgehead atoms. The van der Waals surface area contributed by atoms with Crippen LogP contribution in [0.1, 0.15) is 11.4 Å². The molecule has 1 N–H and O–H groups in total. The smallest absolute Gasteiger partial charge is 0.243 e. The molecule has 1 amide bonds. The number of amides is 1. The normalized spacial score (nSPS) is 15.1. The second kappa shape index (κ2) is 9.31. The Labute approximate surface area is 184 Å². The summed E-state index contributed by atoms with van der Waals surface area (Å²) in [5.41, 5.74) is 1.25. The quantitative estimate of drug-likeness (QED) is 0.581. The minimum atomic E-state index is -3.68. The highest BCUT2D eigenvalue weighted by molar-refractivity contribution is 7.89. The van der Waals surface area contributed by atoms with Crippen molar-refractivity contribution >= 4 is 43.2 Å². The molecule has 0 atom stereocenters. The number of morpholine rings is 1. The van der Waals surface area contributed by atoms with E-state index in [0.717, 1.165) is 15.2 Å². The molecule has 4 rings (SSSR count). The maximum atomic E-state index is 12.9. The van der Waals surface area contributed by atoms with Crippen LogP contribution in [-0.2, 0) is 26.0 Å². The molecule has 1 fully saturated rings. The summed E-state index contributed by atoms with van der Waals surface area (Å²) in [4.78, 5) is 17.2. The minimum Gasteiger partial charge on any atom is -0.495 e. The number of para-hydroxylation sites is 1. The fraction of sp³-hybridized carbons (Fsp3) is 0.333. The van der Waals surface area contributed by atoms with Crippen LogP contribution in [0.3, 0.4) is 0 Å². The van der Waals surface area contributed by atoms with Crippen LogP contribution < -0.4 is 10.1 Å². The Morgan fingerprint density at radius 2 is 2.00 bits per heavy atom. The first-order valence-electron chi connectivity index (χ1n) is 9.87. The average molecular weight is 462 g/mol. The van der Waals surface area contributed by atoms with E-state index in [2.05, 4.69) is 10.3 Å². The number of methoxy groups -OCH3 is 1. The lowest BCUT2D eigenvalue weighted by Crippen LogP contribution is -2.40. The molecule has 0 aliphatic carbocycles. The third-order valence-electron chi connectivity index (χ3n) is 4.96. The predicted molar refractivity (Wildman–Crippen MR) is 119 cm³/mol. The molecule has 1 saturated heterocycles. The van der Waals surface area contributed by atoms with Crippen molar-refractivity contribution in [2.24, 2.45) is 0 Å². The maximum Gasteiger partial charge on any atom is 0.243 e. The predicted octanol–water partition coefficient (Wildman–Crippen LogP) is 2.90. The summed E-state index contributed by atoms with van der Waals surface area (Å²) in [5, 5.41) is 3.67. The Bertz CT molecular complexity index is 1150. The Kier molecular flexibility index (Phi) is 6.51. The summed E-state index contributed by atoms with van der Waals surface area (Å²) < 4.78 is 38.9. The second-order valence-corrected chi connectivity index (χ2v) is 10.1. The van der Waals surface area contributed by atoms with Gasteiger partial charge in [-0.25, -0.2) is 13.4 Å². The van der Waals surface area contributed by atoms with Gasteiger partial charge in [-0.3, -0.25) is 4.79 Å². The highest BCUT2D eigenvalue weighted by Gasteiger charge is 2.27. The zero-order valence-electron chi connectivity index (χ0n) is 17.0. The zero-order valence-corrected chi connectivity index (χ0v) is 18.7. The highest BCUT2D eigenvalue weighted by Crippen LogP contribution is 2.30. The summed E-state index contributed by atoms with van der Waals surface area (Å²) >= 11 is 1.56. The molecule has 164 valence electrons. The number of anilines is 1. The topological polar surface area (TPSA) is 97.8 Å². The largest absolute Gasteiger partial charge is 0.495 e. The van der Waals surface area contributed by atoms with Crippen molar-refractivity contribution in [3.63, 3.8) is 0 Å². The van der Waals surface area contributed by atoms with Gasteiger partial charge in [0.1, 0.15) is 5.75 Å². The fourth-order valence-corrected chi connectivity index (χ4v) is 5.74. The lowest BCUT2D eigenvalue weighted by molar-refractivity contribution is -0.116. The number of thiazole rings is 1. The van der Waals surface area contributed by atoms with E-state index in [1.165, 1.54) is 23.5 Å². The van der Waals surface area contributed by atoms with E-state index < -0.39 is 10.0 Å². The summed E-state index contributed by atoms with van der Waals surface area (Å²) in [6.45, 7) is 1.34. The van der Waals surface area contributed by atoms with Crippen molar-refractivity contribution in [1.82, 2.24) is 9.29 Å². The third-order valence-corrected chi connectivity index (χ3v) is 7.95. The summed E-state index contributed by atoms with van der Waals surface area (Å²) in [7, 11) is -2.20. The number of hydrogen-bond donors (Lipinski definition) is 1. The standard InChI is InChI=1S/C21H23N3O5S2/c1-28-18-7-6-15(31(26,27)24-10-12-29-13-11-24)14-17(18)22-20(25)8-9-21-23-16-4-2-3-5-19(16)30-21/h2-7,14H,8-13H2,1H3,(H,22,25). The lowest BCUT2D eigenvalue weighted by atomic mass is 10.2. The Morgan fingerprint density at radius 1 is 1.23 bits per heavy atom. The molecule has 2 aromatic carbocycles. The number of fused-ring (bicyclic) bond motifs is 1. The van der Waals surface area contributed by atoms with Crippen molar-refractivity contribution in [2.75, 3.05) is 38.7 Å². The first kappa shape index (κ1) is 21.7. The van der Waals surface area contributed by atoms with E-state index >= 15 is 0 Å². The number of aryl methyl sites for hydroxylation is 1. The van der Waals surface area contributed by atoms with E-state index in [1.54, 1.807) is 17.4 Å². The van der Waals surface area contributed by atoms with Crippen LogP contribution in [0.2, 0.25) is 0 Å². The number of aromatic nitrogens is 1. The van der Waals surface area contributed by atoms with Gasteiger partial charge in [-0.2, -0.15) is 4.31 Å². The van der Waals surface area contributed by atoms with Crippen molar-refractivity contribution < 1.29 is 22.7 Å². The Balaban J connectivity index is 1.47. The number of benzene rings is 2. The first-order chi connectivity index (χ1) is 15.0. The molecule has 1 aromatic heterocycles. The molecule has 0 saturated carbocycles. The van der Waals surface area contributed by atoms with Crippen LogP contribution in [0.5, 0.6) is 5.75 Å². The molecular formula is C21H23N3O5S2. The van der Waals surface area contributed by atoms with Gasteiger partial charge in [0.25, 0.3) is 0 Å². The fourth-order valence-electron chi connectivity index (χ4n) is 3.34. The number of nitrogens with zero attached hydrogens (tertiary/aromatic N) is 2. The van der Waals surface area contributed by atoms with Crippen LogP contribution in [0.25, 0.3) is 10.2 Å². The summed E-state index contributed by atoms with van der Waals surface area (Å²) in [5.74, 6) is 0.160. The molecule has 1 aliphatic rings. The SMILES string of the molecule is COc1ccc(S(=O)(=O)N2CCOCC2)cc1NC(=O)CCc1nc2ccccc2s1. The number of nitrogens with one attached hydrogen (secondary N) is 1. The molecule has 1 aliphatic heterocycles. The van der Waals surface area contributed by atoms with Gasteiger partial charge in [0.2, 0.25) is 15.9 Å². The van der Waals surface area contributed by atoms with Gasteiger partial charge in [0, 0.05) is 25.9 Å².